The van der Waals surface area contributed by atoms with Gasteiger partial charge in [-0.15, -0.1) is 0 Å². The molecule has 2 saturated heterocycles. The van der Waals surface area contributed by atoms with Crippen molar-refractivity contribution >= 4 is 11.8 Å². The van der Waals surface area contributed by atoms with Gasteiger partial charge in [-0.2, -0.15) is 0 Å². The predicted octanol–water partition coefficient (Wildman–Crippen LogP) is 1.36. The molecule has 3 heterocycles. The summed E-state index contributed by atoms with van der Waals surface area (Å²) in [6.45, 7) is 4.52. The highest BCUT2D eigenvalue weighted by molar-refractivity contribution is 5.97. The zero-order valence-electron chi connectivity index (χ0n) is 11.8. The van der Waals surface area contributed by atoms with Gasteiger partial charge in [-0.05, 0) is 44.4 Å². The van der Waals surface area contributed by atoms with Crippen molar-refractivity contribution in [2.45, 2.75) is 44.8 Å². The molecule has 2 aliphatic heterocycles. The minimum Gasteiger partial charge on any atom is -0.329 e. The Balaban J connectivity index is 1.92. The lowest BCUT2D eigenvalue weighted by atomic mass is 10.0. The molecule has 20 heavy (non-hydrogen) atoms. The van der Waals surface area contributed by atoms with E-state index in [0.29, 0.717) is 0 Å². The summed E-state index contributed by atoms with van der Waals surface area (Å²) in [6.07, 6.45) is 5.15. The highest BCUT2D eigenvalue weighted by atomic mass is 16.2. The van der Waals surface area contributed by atoms with Crippen LogP contribution in [0.2, 0.25) is 0 Å². The standard InChI is InChI=1S/C15H19N3O2/c1-10(12-5-7-16-8-6-12)18-11(2)14(19)17-9-3-4-13(17)15(18)20/h5-8,10-11,13H,3-4,9H2,1-2H3. The van der Waals surface area contributed by atoms with Gasteiger partial charge >= 0.3 is 0 Å². The van der Waals surface area contributed by atoms with Crippen LogP contribution in [0.5, 0.6) is 0 Å². The zero-order valence-corrected chi connectivity index (χ0v) is 11.8. The molecule has 106 valence electrons. The second-order valence-electron chi connectivity index (χ2n) is 5.57. The first-order chi connectivity index (χ1) is 9.61. The molecule has 0 bridgehead atoms. The summed E-state index contributed by atoms with van der Waals surface area (Å²) in [5.74, 6) is 0.159. The van der Waals surface area contributed by atoms with E-state index >= 15 is 0 Å². The van der Waals surface area contributed by atoms with Crippen LogP contribution < -0.4 is 0 Å². The third-order valence-electron chi connectivity index (χ3n) is 4.46. The van der Waals surface area contributed by atoms with Gasteiger partial charge in [0.15, 0.2) is 0 Å². The Morgan fingerprint density at radius 1 is 1.25 bits per heavy atom. The molecular weight excluding hydrogens is 254 g/mol. The summed E-state index contributed by atoms with van der Waals surface area (Å²) >= 11 is 0. The first-order valence-electron chi connectivity index (χ1n) is 7.14. The first-order valence-corrected chi connectivity index (χ1v) is 7.14. The van der Waals surface area contributed by atoms with Crippen LogP contribution in [0.1, 0.15) is 38.3 Å². The Morgan fingerprint density at radius 3 is 2.65 bits per heavy atom. The van der Waals surface area contributed by atoms with Gasteiger partial charge < -0.3 is 9.80 Å². The number of hydrogen-bond donors (Lipinski definition) is 0. The molecule has 2 fully saturated rings. The number of nitrogens with zero attached hydrogens (tertiary/aromatic N) is 3. The van der Waals surface area contributed by atoms with E-state index < -0.39 is 0 Å². The Hall–Kier alpha value is -1.91. The molecule has 3 atom stereocenters. The monoisotopic (exact) mass is 273 g/mol. The second kappa shape index (κ2) is 4.89. The van der Waals surface area contributed by atoms with Gasteiger partial charge in [-0.1, -0.05) is 0 Å². The lowest BCUT2D eigenvalue weighted by molar-refractivity contribution is -0.161. The molecule has 5 heteroatoms. The molecule has 2 amide bonds. The van der Waals surface area contributed by atoms with Crippen LogP contribution in [0.25, 0.3) is 0 Å². The van der Waals surface area contributed by atoms with E-state index in [1.807, 2.05) is 26.0 Å². The highest BCUT2D eigenvalue weighted by Crippen LogP contribution is 2.32. The van der Waals surface area contributed by atoms with Crippen LogP contribution in [0, 0.1) is 0 Å². The van der Waals surface area contributed by atoms with E-state index in [4.69, 9.17) is 0 Å². The van der Waals surface area contributed by atoms with Crippen molar-refractivity contribution in [3.8, 4) is 0 Å². The maximum atomic E-state index is 12.7. The second-order valence-corrected chi connectivity index (χ2v) is 5.57. The Labute approximate surface area is 118 Å². The number of amides is 2. The minimum absolute atomic E-state index is 0.0769. The fraction of sp³-hybridized carbons (Fsp3) is 0.533. The summed E-state index contributed by atoms with van der Waals surface area (Å²) in [7, 11) is 0. The van der Waals surface area contributed by atoms with Gasteiger partial charge in [0, 0.05) is 18.9 Å². The van der Waals surface area contributed by atoms with Crippen LogP contribution >= 0.6 is 0 Å². The van der Waals surface area contributed by atoms with E-state index in [-0.39, 0.29) is 29.9 Å². The largest absolute Gasteiger partial charge is 0.329 e. The number of fused-ring (bicyclic) bond motifs is 1. The fourth-order valence-electron chi connectivity index (χ4n) is 3.34. The minimum atomic E-state index is -0.389. The van der Waals surface area contributed by atoms with E-state index in [9.17, 15) is 9.59 Å². The maximum Gasteiger partial charge on any atom is 0.246 e. The number of carbonyl (C=O) groups is 2. The van der Waals surface area contributed by atoms with Gasteiger partial charge in [0.05, 0.1) is 6.04 Å². The molecule has 1 aromatic rings. The number of piperazine rings is 1. The number of hydrogen-bond acceptors (Lipinski definition) is 3. The summed E-state index contributed by atoms with van der Waals surface area (Å²) in [5.41, 5.74) is 1.01. The van der Waals surface area contributed by atoms with Crippen molar-refractivity contribution in [2.75, 3.05) is 6.54 Å². The topological polar surface area (TPSA) is 53.5 Å². The summed E-state index contributed by atoms with van der Waals surface area (Å²) < 4.78 is 0. The number of rotatable bonds is 2. The van der Waals surface area contributed by atoms with Crippen LogP contribution in [-0.4, -0.2) is 45.2 Å². The Morgan fingerprint density at radius 2 is 1.95 bits per heavy atom. The molecule has 5 nitrogen and oxygen atoms in total. The molecule has 0 radical (unpaired) electrons. The van der Waals surface area contributed by atoms with Gasteiger partial charge in [0.1, 0.15) is 12.1 Å². The molecular formula is C15H19N3O2. The molecule has 0 aliphatic carbocycles. The SMILES string of the molecule is CC1C(=O)N2CCCC2C(=O)N1C(C)c1ccncc1. The average Bonchev–Trinajstić information content (AvgIpc) is 2.96. The van der Waals surface area contributed by atoms with Crippen molar-refractivity contribution in [1.29, 1.82) is 0 Å². The van der Waals surface area contributed by atoms with E-state index in [2.05, 4.69) is 4.98 Å². The first kappa shape index (κ1) is 13.1. The third kappa shape index (κ3) is 1.88. The van der Waals surface area contributed by atoms with Gasteiger partial charge in [0.25, 0.3) is 0 Å². The molecule has 0 N–H and O–H groups in total. The van der Waals surface area contributed by atoms with Crippen LogP contribution in [0.15, 0.2) is 24.5 Å². The van der Waals surface area contributed by atoms with Gasteiger partial charge in [-0.25, -0.2) is 0 Å². The zero-order chi connectivity index (χ0) is 14.3. The summed E-state index contributed by atoms with van der Waals surface area (Å²) in [4.78, 5) is 32.6. The van der Waals surface area contributed by atoms with E-state index in [1.165, 1.54) is 0 Å². The quantitative estimate of drug-likeness (QED) is 0.817. The van der Waals surface area contributed by atoms with Crippen LogP contribution in [-0.2, 0) is 9.59 Å². The number of pyridine rings is 1. The number of aromatic nitrogens is 1. The van der Waals surface area contributed by atoms with Crippen molar-refractivity contribution < 1.29 is 9.59 Å². The molecule has 3 unspecified atom stereocenters. The lowest BCUT2D eigenvalue weighted by Gasteiger charge is -2.44. The van der Waals surface area contributed by atoms with E-state index in [0.717, 1.165) is 24.9 Å². The van der Waals surface area contributed by atoms with Crippen molar-refractivity contribution in [2.24, 2.45) is 0 Å². The third-order valence-corrected chi connectivity index (χ3v) is 4.46. The molecule has 3 rings (SSSR count). The van der Waals surface area contributed by atoms with Crippen molar-refractivity contribution in [3.63, 3.8) is 0 Å². The maximum absolute atomic E-state index is 12.7. The molecule has 0 aromatic carbocycles. The molecule has 0 saturated carbocycles. The normalized spacial score (nSPS) is 27.7. The van der Waals surface area contributed by atoms with Crippen molar-refractivity contribution in [1.82, 2.24) is 14.8 Å². The highest BCUT2D eigenvalue weighted by Gasteiger charge is 2.47. The predicted molar refractivity (Wildman–Crippen MR) is 73.7 cm³/mol. The number of carbonyl (C=O) groups excluding carboxylic acids is 2. The lowest BCUT2D eigenvalue weighted by Crippen LogP contribution is -2.62. The van der Waals surface area contributed by atoms with Gasteiger partial charge in [0.2, 0.25) is 11.8 Å². The average molecular weight is 273 g/mol. The van der Waals surface area contributed by atoms with Crippen LogP contribution in [0.4, 0.5) is 0 Å². The molecule has 1 aromatic heterocycles. The van der Waals surface area contributed by atoms with Crippen LogP contribution in [0.3, 0.4) is 0 Å². The Bertz CT molecular complexity index is 531. The van der Waals surface area contributed by atoms with E-state index in [1.54, 1.807) is 22.2 Å². The molecule has 0 spiro atoms. The smallest absolute Gasteiger partial charge is 0.246 e. The molecule has 2 aliphatic rings. The van der Waals surface area contributed by atoms with Gasteiger partial charge in [-0.3, -0.25) is 14.6 Å². The summed E-state index contributed by atoms with van der Waals surface area (Å²) in [5, 5.41) is 0. The van der Waals surface area contributed by atoms with Crippen molar-refractivity contribution in [3.05, 3.63) is 30.1 Å². The summed E-state index contributed by atoms with van der Waals surface area (Å²) in [6, 6.07) is 3.06. The Kier molecular flexibility index (Phi) is 3.20. The fourth-order valence-corrected chi connectivity index (χ4v) is 3.34.